The monoisotopic (exact) mass is 251 g/mol. The molecule has 0 aliphatic rings. The van der Waals surface area contributed by atoms with E-state index in [0.717, 1.165) is 11.3 Å². The van der Waals surface area contributed by atoms with Gasteiger partial charge in [-0.05, 0) is 17.7 Å². The minimum absolute atomic E-state index is 0.0380. The number of rotatable bonds is 4. The summed E-state index contributed by atoms with van der Waals surface area (Å²) >= 11 is 5.62. The standard InChI is InChI=1S/C11H13ClF3N/c1-16(7-6-11(13,14)15)10-4-2-9(8-12)3-5-10/h2-5H,6-8H2,1H3. The number of benzene rings is 1. The Morgan fingerprint density at radius 3 is 2.19 bits per heavy atom. The highest BCUT2D eigenvalue weighted by atomic mass is 35.5. The molecule has 0 spiro atoms. The van der Waals surface area contributed by atoms with Crippen LogP contribution in [-0.2, 0) is 5.88 Å². The van der Waals surface area contributed by atoms with Crippen molar-refractivity contribution < 1.29 is 13.2 Å². The fourth-order valence-corrected chi connectivity index (χ4v) is 1.44. The van der Waals surface area contributed by atoms with Crippen LogP contribution in [0.3, 0.4) is 0 Å². The van der Waals surface area contributed by atoms with Gasteiger partial charge in [-0.3, -0.25) is 0 Å². The zero-order valence-electron chi connectivity index (χ0n) is 8.89. The highest BCUT2D eigenvalue weighted by molar-refractivity contribution is 6.17. The van der Waals surface area contributed by atoms with Gasteiger partial charge in [-0.25, -0.2) is 0 Å². The van der Waals surface area contributed by atoms with Crippen LogP contribution in [0.25, 0.3) is 0 Å². The van der Waals surface area contributed by atoms with Crippen LogP contribution in [0.15, 0.2) is 24.3 Å². The number of hydrogen-bond donors (Lipinski definition) is 0. The lowest BCUT2D eigenvalue weighted by atomic mass is 10.2. The Kier molecular flexibility index (Phi) is 4.47. The van der Waals surface area contributed by atoms with E-state index in [1.807, 2.05) is 12.1 Å². The molecule has 1 nitrogen and oxygen atoms in total. The second-order valence-corrected chi connectivity index (χ2v) is 3.85. The fraction of sp³-hybridized carbons (Fsp3) is 0.455. The Morgan fingerprint density at radius 1 is 1.19 bits per heavy atom. The van der Waals surface area contributed by atoms with Gasteiger partial charge in [0.05, 0.1) is 6.42 Å². The predicted octanol–water partition coefficient (Wildman–Crippen LogP) is 3.81. The van der Waals surface area contributed by atoms with Crippen molar-refractivity contribution in [2.45, 2.75) is 18.5 Å². The molecule has 0 saturated heterocycles. The SMILES string of the molecule is CN(CCC(F)(F)F)c1ccc(CCl)cc1. The number of halogens is 4. The van der Waals surface area contributed by atoms with E-state index in [1.165, 1.54) is 0 Å². The van der Waals surface area contributed by atoms with Crippen LogP contribution in [0.4, 0.5) is 18.9 Å². The van der Waals surface area contributed by atoms with Crippen molar-refractivity contribution in [3.8, 4) is 0 Å². The third-order valence-corrected chi connectivity index (χ3v) is 2.57. The molecule has 5 heteroatoms. The van der Waals surface area contributed by atoms with E-state index in [0.29, 0.717) is 5.88 Å². The Bertz CT molecular complexity index is 321. The van der Waals surface area contributed by atoms with Crippen molar-refractivity contribution >= 4 is 17.3 Å². The fourth-order valence-electron chi connectivity index (χ4n) is 1.26. The molecule has 16 heavy (non-hydrogen) atoms. The first-order valence-electron chi connectivity index (χ1n) is 4.85. The first kappa shape index (κ1) is 13.2. The van der Waals surface area contributed by atoms with Crippen LogP contribution >= 0.6 is 11.6 Å². The van der Waals surface area contributed by atoms with Crippen LogP contribution < -0.4 is 4.90 Å². The molecule has 1 rings (SSSR count). The molecule has 0 radical (unpaired) electrons. The van der Waals surface area contributed by atoms with Gasteiger partial charge in [0.25, 0.3) is 0 Å². The first-order chi connectivity index (χ1) is 7.42. The summed E-state index contributed by atoms with van der Waals surface area (Å²) in [5.74, 6) is 0.409. The summed E-state index contributed by atoms with van der Waals surface area (Å²) in [6.07, 6.45) is -4.91. The quantitative estimate of drug-likeness (QED) is 0.736. The largest absolute Gasteiger partial charge is 0.390 e. The molecule has 0 bridgehead atoms. The van der Waals surface area contributed by atoms with Crippen molar-refractivity contribution in [2.24, 2.45) is 0 Å². The maximum Gasteiger partial charge on any atom is 0.390 e. The van der Waals surface area contributed by atoms with Crippen molar-refractivity contribution in [1.82, 2.24) is 0 Å². The smallest absolute Gasteiger partial charge is 0.374 e. The van der Waals surface area contributed by atoms with Gasteiger partial charge in [-0.1, -0.05) is 12.1 Å². The zero-order chi connectivity index (χ0) is 12.2. The Morgan fingerprint density at radius 2 is 1.75 bits per heavy atom. The maximum atomic E-state index is 12.0. The molecule has 0 heterocycles. The lowest BCUT2D eigenvalue weighted by molar-refractivity contribution is -0.132. The van der Waals surface area contributed by atoms with Crippen molar-refractivity contribution in [3.05, 3.63) is 29.8 Å². The molecule has 0 saturated carbocycles. The van der Waals surface area contributed by atoms with Gasteiger partial charge in [-0.2, -0.15) is 13.2 Å². The van der Waals surface area contributed by atoms with Crippen LogP contribution in [0.1, 0.15) is 12.0 Å². The lowest BCUT2D eigenvalue weighted by Gasteiger charge is -2.20. The molecular weight excluding hydrogens is 239 g/mol. The van der Waals surface area contributed by atoms with Gasteiger partial charge in [0.2, 0.25) is 0 Å². The average molecular weight is 252 g/mol. The van der Waals surface area contributed by atoms with Gasteiger partial charge in [-0.15, -0.1) is 11.6 Å². The normalized spacial score (nSPS) is 11.6. The van der Waals surface area contributed by atoms with Crippen LogP contribution in [0.5, 0.6) is 0 Å². The zero-order valence-corrected chi connectivity index (χ0v) is 9.65. The third kappa shape index (κ3) is 4.31. The van der Waals surface area contributed by atoms with E-state index in [4.69, 9.17) is 11.6 Å². The summed E-state index contributed by atoms with van der Waals surface area (Å²) < 4.78 is 36.0. The molecule has 1 aromatic rings. The summed E-state index contributed by atoms with van der Waals surface area (Å²) in [5, 5.41) is 0. The second kappa shape index (κ2) is 5.43. The number of alkyl halides is 4. The van der Waals surface area contributed by atoms with E-state index in [2.05, 4.69) is 0 Å². The number of anilines is 1. The summed E-state index contributed by atoms with van der Waals surface area (Å²) in [5.41, 5.74) is 1.72. The van der Waals surface area contributed by atoms with Gasteiger partial charge >= 0.3 is 6.18 Å². The van der Waals surface area contributed by atoms with Gasteiger partial charge < -0.3 is 4.90 Å². The van der Waals surface area contributed by atoms with E-state index >= 15 is 0 Å². The predicted molar refractivity (Wildman–Crippen MR) is 59.9 cm³/mol. The third-order valence-electron chi connectivity index (χ3n) is 2.26. The van der Waals surface area contributed by atoms with Crippen LogP contribution in [0.2, 0.25) is 0 Å². The summed E-state index contributed by atoms with van der Waals surface area (Å²) in [7, 11) is 1.64. The average Bonchev–Trinajstić information content (AvgIpc) is 2.25. The van der Waals surface area contributed by atoms with Gasteiger partial charge in [0.1, 0.15) is 0 Å². The van der Waals surface area contributed by atoms with Crippen LogP contribution in [-0.4, -0.2) is 19.8 Å². The molecule has 0 atom stereocenters. The molecule has 1 aromatic carbocycles. The molecule has 0 amide bonds. The molecule has 0 unspecified atom stereocenters. The molecular formula is C11H13ClF3N. The summed E-state index contributed by atoms with van der Waals surface area (Å²) in [4.78, 5) is 1.57. The molecule has 0 aromatic heterocycles. The summed E-state index contributed by atoms with van der Waals surface area (Å²) in [6, 6.07) is 7.17. The minimum atomic E-state index is -4.11. The van der Waals surface area contributed by atoms with Crippen molar-refractivity contribution in [1.29, 1.82) is 0 Å². The van der Waals surface area contributed by atoms with Gasteiger partial charge in [0, 0.05) is 25.2 Å². The molecule has 90 valence electrons. The Hall–Kier alpha value is -0.900. The van der Waals surface area contributed by atoms with E-state index in [-0.39, 0.29) is 6.54 Å². The lowest BCUT2D eigenvalue weighted by Crippen LogP contribution is -2.23. The molecule has 0 aliphatic heterocycles. The van der Waals surface area contributed by atoms with E-state index < -0.39 is 12.6 Å². The summed E-state index contributed by atoms with van der Waals surface area (Å²) in [6.45, 7) is -0.0380. The molecule has 0 fully saturated rings. The molecule has 0 N–H and O–H groups in total. The van der Waals surface area contributed by atoms with E-state index in [1.54, 1.807) is 24.1 Å². The second-order valence-electron chi connectivity index (χ2n) is 3.59. The highest BCUT2D eigenvalue weighted by Gasteiger charge is 2.27. The number of hydrogen-bond acceptors (Lipinski definition) is 1. The topological polar surface area (TPSA) is 3.24 Å². The van der Waals surface area contributed by atoms with E-state index in [9.17, 15) is 13.2 Å². The maximum absolute atomic E-state index is 12.0. The highest BCUT2D eigenvalue weighted by Crippen LogP contribution is 2.22. The van der Waals surface area contributed by atoms with Crippen LogP contribution in [0, 0.1) is 0 Å². The Labute approximate surface area is 97.8 Å². The van der Waals surface area contributed by atoms with Gasteiger partial charge in [0.15, 0.2) is 0 Å². The number of nitrogens with zero attached hydrogens (tertiary/aromatic N) is 1. The first-order valence-corrected chi connectivity index (χ1v) is 5.38. The van der Waals surface area contributed by atoms with Crippen molar-refractivity contribution in [3.63, 3.8) is 0 Å². The van der Waals surface area contributed by atoms with Crippen molar-refractivity contribution in [2.75, 3.05) is 18.5 Å². The Balaban J connectivity index is 2.56. The molecule has 0 aliphatic carbocycles. The minimum Gasteiger partial charge on any atom is -0.374 e.